The Bertz CT molecular complexity index is 888. The summed E-state index contributed by atoms with van der Waals surface area (Å²) in [6.45, 7) is 3.36. The third-order valence-corrected chi connectivity index (χ3v) is 4.57. The Morgan fingerprint density at radius 2 is 1.88 bits per heavy atom. The molecule has 26 heavy (non-hydrogen) atoms. The third kappa shape index (κ3) is 4.05. The van der Waals surface area contributed by atoms with Gasteiger partial charge >= 0.3 is 0 Å². The number of unbranched alkanes of at least 4 members (excludes halogenated alkanes) is 3. The lowest BCUT2D eigenvalue weighted by Gasteiger charge is -2.08. The van der Waals surface area contributed by atoms with Crippen molar-refractivity contribution >= 4 is 10.9 Å². The van der Waals surface area contributed by atoms with Gasteiger partial charge in [0.1, 0.15) is 17.3 Å². The summed E-state index contributed by atoms with van der Waals surface area (Å²) < 4.78 is 22.1. The monoisotopic (exact) mass is 355 g/mol. The van der Waals surface area contributed by atoms with Crippen LogP contribution in [0.25, 0.3) is 22.2 Å². The second-order valence-electron chi connectivity index (χ2n) is 6.69. The minimum absolute atomic E-state index is 0.314. The van der Waals surface area contributed by atoms with Crippen molar-refractivity contribution in [2.24, 2.45) is 12.8 Å². The lowest BCUT2D eigenvalue weighted by Crippen LogP contribution is -2.00. The zero-order valence-corrected chi connectivity index (χ0v) is 15.5. The number of benzene rings is 2. The highest BCUT2D eigenvalue weighted by Gasteiger charge is 2.15. The van der Waals surface area contributed by atoms with Gasteiger partial charge in [0.25, 0.3) is 0 Å². The summed E-state index contributed by atoms with van der Waals surface area (Å²) in [5, 5.41) is 5.47. The Morgan fingerprint density at radius 1 is 1.08 bits per heavy atom. The molecule has 0 saturated carbocycles. The highest BCUT2D eigenvalue weighted by molar-refractivity contribution is 5.93. The van der Waals surface area contributed by atoms with Crippen LogP contribution in [-0.4, -0.2) is 22.9 Å². The van der Waals surface area contributed by atoms with E-state index in [-0.39, 0.29) is 5.82 Å². The van der Waals surface area contributed by atoms with Gasteiger partial charge in [-0.05, 0) is 50.1 Å². The normalized spacial score (nSPS) is 11.2. The first-order valence-corrected chi connectivity index (χ1v) is 9.16. The van der Waals surface area contributed by atoms with Gasteiger partial charge in [0.05, 0.1) is 12.1 Å². The fraction of sp³-hybridized carbons (Fsp3) is 0.381. The van der Waals surface area contributed by atoms with Gasteiger partial charge in [-0.1, -0.05) is 25.0 Å². The van der Waals surface area contributed by atoms with Crippen molar-refractivity contribution in [3.8, 4) is 17.0 Å². The molecule has 0 aliphatic heterocycles. The first kappa shape index (κ1) is 18.4. The Hall–Kier alpha value is -2.40. The minimum Gasteiger partial charge on any atom is -0.493 e. The number of aryl methyl sites for hydroxylation is 2. The minimum atomic E-state index is -0.314. The first-order valence-electron chi connectivity index (χ1n) is 9.16. The van der Waals surface area contributed by atoms with Crippen molar-refractivity contribution in [3.05, 3.63) is 47.8 Å². The first-order chi connectivity index (χ1) is 12.6. The van der Waals surface area contributed by atoms with Gasteiger partial charge in [-0.25, -0.2) is 4.39 Å². The molecule has 0 amide bonds. The van der Waals surface area contributed by atoms with Crippen molar-refractivity contribution in [3.63, 3.8) is 0 Å². The molecule has 5 heteroatoms. The van der Waals surface area contributed by atoms with Gasteiger partial charge < -0.3 is 10.5 Å². The summed E-state index contributed by atoms with van der Waals surface area (Å²) in [5.74, 6) is 0.243. The number of rotatable bonds is 8. The standard InChI is InChI=1S/C21H26FN3O/c1-15-7-9-18-20(13-15)25(2)24-21(18)17-10-8-16(14-19(17)22)26-12-6-4-3-5-11-23/h7-10,13-14H,3-6,11-12,23H2,1-2H3. The zero-order chi connectivity index (χ0) is 18.5. The molecule has 0 aliphatic carbocycles. The largest absolute Gasteiger partial charge is 0.493 e. The second kappa shape index (κ2) is 8.32. The molecule has 2 N–H and O–H groups in total. The van der Waals surface area contributed by atoms with E-state index >= 15 is 0 Å². The van der Waals surface area contributed by atoms with E-state index in [4.69, 9.17) is 10.5 Å². The summed E-state index contributed by atoms with van der Waals surface area (Å²) in [5.41, 5.74) is 8.79. The Kier molecular flexibility index (Phi) is 5.89. The fourth-order valence-corrected chi connectivity index (χ4v) is 3.13. The lowest BCUT2D eigenvalue weighted by atomic mass is 10.1. The number of halogens is 1. The van der Waals surface area contributed by atoms with Gasteiger partial charge in [-0.3, -0.25) is 4.68 Å². The number of hydrogen-bond acceptors (Lipinski definition) is 3. The molecule has 3 rings (SSSR count). The van der Waals surface area contributed by atoms with Crippen LogP contribution >= 0.6 is 0 Å². The lowest BCUT2D eigenvalue weighted by molar-refractivity contribution is 0.303. The van der Waals surface area contributed by atoms with Crippen LogP contribution in [0.5, 0.6) is 5.75 Å². The topological polar surface area (TPSA) is 53.1 Å². The van der Waals surface area contributed by atoms with E-state index in [2.05, 4.69) is 11.2 Å². The van der Waals surface area contributed by atoms with Crippen molar-refractivity contribution in [2.45, 2.75) is 32.6 Å². The van der Waals surface area contributed by atoms with E-state index < -0.39 is 0 Å². The Morgan fingerprint density at radius 3 is 2.65 bits per heavy atom. The van der Waals surface area contributed by atoms with Crippen LogP contribution in [0.1, 0.15) is 31.2 Å². The van der Waals surface area contributed by atoms with E-state index in [0.717, 1.165) is 48.7 Å². The van der Waals surface area contributed by atoms with Crippen molar-refractivity contribution < 1.29 is 9.13 Å². The van der Waals surface area contributed by atoms with E-state index in [1.54, 1.807) is 10.7 Å². The van der Waals surface area contributed by atoms with Gasteiger partial charge in [-0.15, -0.1) is 0 Å². The van der Waals surface area contributed by atoms with Crippen LogP contribution < -0.4 is 10.5 Å². The summed E-state index contributed by atoms with van der Waals surface area (Å²) in [6, 6.07) is 11.1. The summed E-state index contributed by atoms with van der Waals surface area (Å²) in [7, 11) is 1.88. The van der Waals surface area contributed by atoms with Gasteiger partial charge in [0.15, 0.2) is 0 Å². The molecule has 0 aliphatic rings. The second-order valence-corrected chi connectivity index (χ2v) is 6.69. The third-order valence-electron chi connectivity index (χ3n) is 4.57. The molecule has 2 aromatic carbocycles. The van der Waals surface area contributed by atoms with Crippen LogP contribution in [0.3, 0.4) is 0 Å². The molecule has 4 nitrogen and oxygen atoms in total. The summed E-state index contributed by atoms with van der Waals surface area (Å²) in [6.07, 6.45) is 4.19. The highest BCUT2D eigenvalue weighted by Crippen LogP contribution is 2.31. The van der Waals surface area contributed by atoms with E-state index in [9.17, 15) is 4.39 Å². The van der Waals surface area contributed by atoms with Crippen LogP contribution in [0.15, 0.2) is 36.4 Å². The van der Waals surface area contributed by atoms with Crippen LogP contribution in [-0.2, 0) is 7.05 Å². The summed E-state index contributed by atoms with van der Waals surface area (Å²) >= 11 is 0. The molecule has 1 heterocycles. The number of nitrogens with zero attached hydrogens (tertiary/aromatic N) is 2. The van der Waals surface area contributed by atoms with Crippen molar-refractivity contribution in [1.29, 1.82) is 0 Å². The molecule has 0 atom stereocenters. The van der Waals surface area contributed by atoms with Crippen molar-refractivity contribution in [1.82, 2.24) is 9.78 Å². The fourth-order valence-electron chi connectivity index (χ4n) is 3.13. The number of hydrogen-bond donors (Lipinski definition) is 1. The zero-order valence-electron chi connectivity index (χ0n) is 15.5. The quantitative estimate of drug-likeness (QED) is 0.602. The maximum absolute atomic E-state index is 14.7. The molecule has 138 valence electrons. The Labute approximate surface area is 153 Å². The number of fused-ring (bicyclic) bond motifs is 1. The molecule has 0 saturated heterocycles. The van der Waals surface area contributed by atoms with E-state index in [1.165, 1.54) is 6.07 Å². The molecule has 0 spiro atoms. The molecular formula is C21H26FN3O. The number of ether oxygens (including phenoxy) is 1. The predicted octanol–water partition coefficient (Wildman–Crippen LogP) is 4.59. The average molecular weight is 355 g/mol. The smallest absolute Gasteiger partial charge is 0.136 e. The SMILES string of the molecule is Cc1ccc2c(-c3ccc(OCCCCCCN)cc3F)nn(C)c2c1. The van der Waals surface area contributed by atoms with Crippen molar-refractivity contribution in [2.75, 3.05) is 13.2 Å². The van der Waals surface area contributed by atoms with Crippen LogP contribution in [0.2, 0.25) is 0 Å². The maximum atomic E-state index is 14.7. The van der Waals surface area contributed by atoms with E-state index in [1.807, 2.05) is 32.2 Å². The van der Waals surface area contributed by atoms with Gasteiger partial charge in [0.2, 0.25) is 0 Å². The molecule has 3 aromatic rings. The maximum Gasteiger partial charge on any atom is 0.136 e. The van der Waals surface area contributed by atoms with Gasteiger partial charge in [-0.2, -0.15) is 5.10 Å². The average Bonchev–Trinajstić information content (AvgIpc) is 2.94. The van der Waals surface area contributed by atoms with Gasteiger partial charge in [0, 0.05) is 24.1 Å². The summed E-state index contributed by atoms with van der Waals surface area (Å²) in [4.78, 5) is 0. The molecule has 0 fully saturated rings. The van der Waals surface area contributed by atoms with Crippen LogP contribution in [0, 0.1) is 12.7 Å². The molecule has 0 bridgehead atoms. The molecule has 0 radical (unpaired) electrons. The van der Waals surface area contributed by atoms with E-state index in [0.29, 0.717) is 23.6 Å². The number of aromatic nitrogens is 2. The Balaban J connectivity index is 1.74. The number of nitrogens with two attached hydrogens (primary N) is 1. The molecule has 0 unspecified atom stereocenters. The molecular weight excluding hydrogens is 329 g/mol. The predicted molar refractivity (Wildman–Crippen MR) is 104 cm³/mol. The molecule has 1 aromatic heterocycles. The highest BCUT2D eigenvalue weighted by atomic mass is 19.1. The van der Waals surface area contributed by atoms with Crippen LogP contribution in [0.4, 0.5) is 4.39 Å².